The van der Waals surface area contributed by atoms with Crippen LogP contribution in [0, 0.1) is 5.92 Å². The Bertz CT molecular complexity index is 567. The van der Waals surface area contributed by atoms with E-state index in [2.05, 4.69) is 15.6 Å². The van der Waals surface area contributed by atoms with Crippen LogP contribution in [-0.2, 0) is 9.53 Å². The lowest BCUT2D eigenvalue weighted by atomic mass is 10.2. The molecule has 2 N–H and O–H groups in total. The first-order valence-electron chi connectivity index (χ1n) is 7.99. The van der Waals surface area contributed by atoms with Crippen molar-refractivity contribution in [2.24, 2.45) is 10.9 Å². The van der Waals surface area contributed by atoms with Crippen LogP contribution in [0.4, 0.5) is 5.69 Å². The molecule has 0 aliphatic heterocycles. The van der Waals surface area contributed by atoms with Crippen LogP contribution in [0.25, 0.3) is 0 Å². The van der Waals surface area contributed by atoms with E-state index in [1.165, 1.54) is 7.11 Å². The molecule has 7 nitrogen and oxygen atoms in total. The number of nitrogens with one attached hydrogen (secondary N) is 2. The molecule has 142 valence electrons. The average Bonchev–Trinajstić information content (AvgIpc) is 2.59. The molecular formula is C17H28IN3O4. The quantitative estimate of drug-likeness (QED) is 0.266. The molecule has 0 radical (unpaired) electrons. The number of esters is 1. The van der Waals surface area contributed by atoms with Crippen LogP contribution in [0.3, 0.4) is 0 Å². The van der Waals surface area contributed by atoms with E-state index in [1.807, 2.05) is 32.0 Å². The predicted octanol–water partition coefficient (Wildman–Crippen LogP) is 2.90. The molecule has 1 atom stereocenters. The molecule has 0 aliphatic carbocycles. The summed E-state index contributed by atoms with van der Waals surface area (Å²) in [5.74, 6) is 1.33. The number of methoxy groups -OCH3 is 2. The Morgan fingerprint density at radius 2 is 1.96 bits per heavy atom. The predicted molar refractivity (Wildman–Crippen MR) is 110 cm³/mol. The molecule has 0 amide bonds. The van der Waals surface area contributed by atoms with Crippen molar-refractivity contribution in [3.05, 3.63) is 18.2 Å². The smallest absolute Gasteiger partial charge is 0.310 e. The number of nitrogens with zero attached hydrogens (tertiary/aromatic N) is 1. The summed E-state index contributed by atoms with van der Waals surface area (Å²) in [6.45, 7) is 7.24. The van der Waals surface area contributed by atoms with Gasteiger partial charge in [-0.05, 0) is 26.0 Å². The Kier molecular flexibility index (Phi) is 11.8. The summed E-state index contributed by atoms with van der Waals surface area (Å²) in [6.07, 6.45) is 0. The van der Waals surface area contributed by atoms with E-state index in [4.69, 9.17) is 14.2 Å². The minimum Gasteiger partial charge on any atom is -0.493 e. The van der Waals surface area contributed by atoms with Crippen molar-refractivity contribution in [2.45, 2.75) is 20.8 Å². The molecule has 1 aromatic carbocycles. The van der Waals surface area contributed by atoms with Gasteiger partial charge in [-0.1, -0.05) is 6.92 Å². The van der Waals surface area contributed by atoms with Gasteiger partial charge in [0.15, 0.2) is 17.5 Å². The number of halogens is 1. The number of hydrogen-bond acceptors (Lipinski definition) is 5. The van der Waals surface area contributed by atoms with E-state index < -0.39 is 0 Å². The van der Waals surface area contributed by atoms with E-state index in [-0.39, 0.29) is 35.9 Å². The number of carbonyl (C=O) groups is 1. The zero-order valence-corrected chi connectivity index (χ0v) is 17.7. The highest BCUT2D eigenvalue weighted by atomic mass is 127. The summed E-state index contributed by atoms with van der Waals surface area (Å²) in [6, 6.07) is 5.55. The van der Waals surface area contributed by atoms with E-state index in [9.17, 15) is 4.79 Å². The third-order valence-corrected chi connectivity index (χ3v) is 3.20. The molecule has 0 saturated heterocycles. The minimum absolute atomic E-state index is 0. The zero-order chi connectivity index (χ0) is 17.9. The second-order valence-corrected chi connectivity index (χ2v) is 5.07. The van der Waals surface area contributed by atoms with Crippen LogP contribution in [0.15, 0.2) is 23.2 Å². The number of benzene rings is 1. The van der Waals surface area contributed by atoms with E-state index >= 15 is 0 Å². The van der Waals surface area contributed by atoms with Gasteiger partial charge < -0.3 is 24.8 Å². The van der Waals surface area contributed by atoms with Gasteiger partial charge in [-0.2, -0.15) is 0 Å². The summed E-state index contributed by atoms with van der Waals surface area (Å²) in [7, 11) is 2.98. The number of guanidine groups is 1. The highest BCUT2D eigenvalue weighted by Crippen LogP contribution is 2.30. The van der Waals surface area contributed by atoms with Crippen LogP contribution >= 0.6 is 24.0 Å². The fraction of sp³-hybridized carbons (Fsp3) is 0.529. The van der Waals surface area contributed by atoms with Gasteiger partial charge in [0.05, 0.1) is 33.3 Å². The number of carbonyl (C=O) groups excluding carboxylic acids is 1. The Labute approximate surface area is 166 Å². The topological polar surface area (TPSA) is 81.2 Å². The monoisotopic (exact) mass is 465 g/mol. The number of anilines is 1. The summed E-state index contributed by atoms with van der Waals surface area (Å²) in [5, 5.41) is 6.33. The highest BCUT2D eigenvalue weighted by molar-refractivity contribution is 14.0. The van der Waals surface area contributed by atoms with Crippen LogP contribution < -0.4 is 20.1 Å². The first-order chi connectivity index (χ1) is 11.5. The summed E-state index contributed by atoms with van der Waals surface area (Å²) in [5.41, 5.74) is 0.810. The summed E-state index contributed by atoms with van der Waals surface area (Å²) in [4.78, 5) is 15.9. The van der Waals surface area contributed by atoms with Gasteiger partial charge in [-0.3, -0.25) is 9.79 Å². The van der Waals surface area contributed by atoms with Crippen molar-refractivity contribution < 1.29 is 19.0 Å². The highest BCUT2D eigenvalue weighted by Gasteiger charge is 2.13. The number of aliphatic imine (C=N–C) groups is 1. The molecule has 0 spiro atoms. The lowest BCUT2D eigenvalue weighted by molar-refractivity contribution is -0.144. The Morgan fingerprint density at radius 3 is 2.52 bits per heavy atom. The standard InChI is InChI=1S/C17H27N3O4.HI/c1-6-18-17(19-11-12(3)16(21)23-5)20-13-8-9-14(22-4)15(10-13)24-7-2;/h8-10,12H,6-7,11H2,1-5H3,(H2,18,19,20);1H. The van der Waals surface area contributed by atoms with Crippen molar-refractivity contribution >= 4 is 41.6 Å². The Morgan fingerprint density at radius 1 is 1.24 bits per heavy atom. The van der Waals surface area contributed by atoms with Crippen LogP contribution in [0.1, 0.15) is 20.8 Å². The van der Waals surface area contributed by atoms with Crippen molar-refractivity contribution in [1.82, 2.24) is 5.32 Å². The molecule has 0 aromatic heterocycles. The Hall–Kier alpha value is -1.71. The first-order valence-corrected chi connectivity index (χ1v) is 7.99. The van der Waals surface area contributed by atoms with Gasteiger partial charge >= 0.3 is 5.97 Å². The van der Waals surface area contributed by atoms with Crippen LogP contribution in [0.5, 0.6) is 11.5 Å². The fourth-order valence-corrected chi connectivity index (χ4v) is 1.97. The van der Waals surface area contributed by atoms with Gasteiger partial charge in [0.2, 0.25) is 0 Å². The van der Waals surface area contributed by atoms with Gasteiger partial charge in [0.25, 0.3) is 0 Å². The maximum absolute atomic E-state index is 11.5. The largest absolute Gasteiger partial charge is 0.493 e. The summed E-state index contributed by atoms with van der Waals surface area (Å²) >= 11 is 0. The number of hydrogen-bond donors (Lipinski definition) is 2. The minimum atomic E-state index is -0.305. The molecule has 0 heterocycles. The SMILES string of the molecule is CCNC(=NCC(C)C(=O)OC)Nc1ccc(OC)c(OCC)c1.I. The van der Waals surface area contributed by atoms with Gasteiger partial charge in [0.1, 0.15) is 0 Å². The van der Waals surface area contributed by atoms with E-state index in [0.29, 0.717) is 37.2 Å². The van der Waals surface area contributed by atoms with Gasteiger partial charge in [0, 0.05) is 18.3 Å². The van der Waals surface area contributed by atoms with E-state index in [1.54, 1.807) is 14.0 Å². The molecule has 0 aliphatic rings. The molecule has 8 heteroatoms. The van der Waals surface area contributed by atoms with Crippen molar-refractivity contribution in [1.29, 1.82) is 0 Å². The van der Waals surface area contributed by atoms with Crippen molar-refractivity contribution in [3.8, 4) is 11.5 Å². The normalized spacial score (nSPS) is 11.8. The Balaban J connectivity index is 0.00000576. The maximum Gasteiger partial charge on any atom is 0.310 e. The molecule has 0 bridgehead atoms. The fourth-order valence-electron chi connectivity index (χ4n) is 1.97. The van der Waals surface area contributed by atoms with Crippen LogP contribution in [0.2, 0.25) is 0 Å². The molecule has 0 saturated carbocycles. The lowest BCUT2D eigenvalue weighted by Crippen LogP contribution is -2.31. The molecule has 1 unspecified atom stereocenters. The number of ether oxygens (including phenoxy) is 3. The maximum atomic E-state index is 11.5. The first kappa shape index (κ1) is 23.3. The third kappa shape index (κ3) is 7.80. The molecule has 0 fully saturated rings. The van der Waals surface area contributed by atoms with Gasteiger partial charge in [-0.25, -0.2) is 0 Å². The molecule has 25 heavy (non-hydrogen) atoms. The molecular weight excluding hydrogens is 437 g/mol. The number of rotatable bonds is 8. The average molecular weight is 465 g/mol. The molecule has 1 rings (SSSR count). The molecule has 1 aromatic rings. The van der Waals surface area contributed by atoms with Gasteiger partial charge in [-0.15, -0.1) is 24.0 Å². The second-order valence-electron chi connectivity index (χ2n) is 5.07. The summed E-state index contributed by atoms with van der Waals surface area (Å²) < 4.78 is 15.6. The van der Waals surface area contributed by atoms with Crippen LogP contribution in [-0.4, -0.2) is 45.8 Å². The van der Waals surface area contributed by atoms with Crippen molar-refractivity contribution in [3.63, 3.8) is 0 Å². The lowest BCUT2D eigenvalue weighted by Gasteiger charge is -2.15. The van der Waals surface area contributed by atoms with Crippen molar-refractivity contribution in [2.75, 3.05) is 39.2 Å². The zero-order valence-electron chi connectivity index (χ0n) is 15.4. The van der Waals surface area contributed by atoms with E-state index in [0.717, 1.165) is 5.69 Å². The second kappa shape index (κ2) is 12.6. The third-order valence-electron chi connectivity index (χ3n) is 3.20.